The summed E-state index contributed by atoms with van der Waals surface area (Å²) in [6, 6.07) is -0.466. The van der Waals surface area contributed by atoms with Crippen molar-refractivity contribution in [1.82, 2.24) is 4.90 Å². The Labute approximate surface area is 115 Å². The van der Waals surface area contributed by atoms with Gasteiger partial charge in [-0.1, -0.05) is 0 Å². The van der Waals surface area contributed by atoms with Gasteiger partial charge in [-0.05, 0) is 33.6 Å². The third-order valence-corrected chi connectivity index (χ3v) is 3.25. The lowest BCUT2D eigenvalue weighted by atomic mass is 9.99. The molecule has 1 aliphatic heterocycles. The lowest BCUT2D eigenvalue weighted by Gasteiger charge is -2.37. The second-order valence-corrected chi connectivity index (χ2v) is 6.34. The van der Waals surface area contributed by atoms with Gasteiger partial charge in [0.05, 0.1) is 0 Å². The summed E-state index contributed by atoms with van der Waals surface area (Å²) in [5, 5.41) is 0. The Morgan fingerprint density at radius 1 is 1.41 bits per heavy atom. The van der Waals surface area contributed by atoms with E-state index in [1.54, 1.807) is 22.6 Å². The van der Waals surface area contributed by atoms with Crippen LogP contribution in [-0.4, -0.2) is 39.0 Å². The molecule has 1 fully saturated rings. The second kappa shape index (κ2) is 5.51. The number of ether oxygens (including phenoxy) is 1. The highest BCUT2D eigenvalue weighted by atomic mass is 127. The molecule has 1 amide bonds. The average Bonchev–Trinajstić information content (AvgIpc) is 2.14. The van der Waals surface area contributed by atoms with Crippen molar-refractivity contribution in [2.24, 2.45) is 5.73 Å². The van der Waals surface area contributed by atoms with E-state index in [1.165, 1.54) is 4.90 Å². The van der Waals surface area contributed by atoms with Gasteiger partial charge in [-0.2, -0.15) is 0 Å². The van der Waals surface area contributed by atoms with Crippen LogP contribution in [0.2, 0.25) is 0 Å². The predicted molar refractivity (Wildman–Crippen MR) is 73.0 cm³/mol. The van der Waals surface area contributed by atoms with Gasteiger partial charge in [-0.25, -0.2) is 4.79 Å². The molecule has 0 aromatic heterocycles. The van der Waals surface area contributed by atoms with Crippen LogP contribution in [0.3, 0.4) is 0 Å². The molecule has 2 N–H and O–H groups in total. The average molecular weight is 354 g/mol. The van der Waals surface area contributed by atoms with Crippen molar-refractivity contribution in [2.75, 3.05) is 6.54 Å². The smallest absolute Gasteiger partial charge is 0.410 e. The third-order valence-electron chi connectivity index (χ3n) is 2.53. The predicted octanol–water partition coefficient (Wildman–Crippen LogP) is 1.67. The Balaban J connectivity index is 2.73. The highest BCUT2D eigenvalue weighted by molar-refractivity contribution is 14.1. The van der Waals surface area contributed by atoms with Crippen LogP contribution < -0.4 is 5.73 Å². The van der Waals surface area contributed by atoms with Crippen molar-refractivity contribution < 1.29 is 14.3 Å². The summed E-state index contributed by atoms with van der Waals surface area (Å²) >= 11 is 1.71. The molecule has 0 spiro atoms. The van der Waals surface area contributed by atoms with Crippen molar-refractivity contribution in [3.63, 3.8) is 0 Å². The SMILES string of the molecule is CC(C)(C)OC(=O)N1CCC(N)CC1C(=O)I. The maximum absolute atomic E-state index is 11.9. The normalized spacial score (nSPS) is 25.6. The summed E-state index contributed by atoms with van der Waals surface area (Å²) in [6.45, 7) is 5.90. The minimum atomic E-state index is -0.546. The van der Waals surface area contributed by atoms with Crippen molar-refractivity contribution in [3.8, 4) is 0 Å². The molecule has 0 bridgehead atoms. The molecule has 0 aromatic carbocycles. The molecule has 0 aliphatic carbocycles. The maximum Gasteiger partial charge on any atom is 0.410 e. The molecular weight excluding hydrogens is 335 g/mol. The van der Waals surface area contributed by atoms with E-state index in [4.69, 9.17) is 10.5 Å². The molecule has 1 aliphatic rings. The van der Waals surface area contributed by atoms with Gasteiger partial charge in [-0.3, -0.25) is 9.69 Å². The Hall–Kier alpha value is -0.370. The summed E-state index contributed by atoms with van der Waals surface area (Å²) in [4.78, 5) is 24.9. The minimum absolute atomic E-state index is 0.0163. The number of halogens is 1. The molecule has 1 heterocycles. The van der Waals surface area contributed by atoms with E-state index in [9.17, 15) is 9.59 Å². The van der Waals surface area contributed by atoms with Gasteiger partial charge in [0.25, 0.3) is 0 Å². The van der Waals surface area contributed by atoms with E-state index >= 15 is 0 Å². The molecule has 98 valence electrons. The quantitative estimate of drug-likeness (QED) is 0.574. The first-order chi connectivity index (χ1) is 7.70. The molecule has 5 nitrogen and oxygen atoms in total. The highest BCUT2D eigenvalue weighted by Crippen LogP contribution is 2.22. The number of carbonyl (C=O) groups is 2. The molecule has 6 heteroatoms. The summed E-state index contributed by atoms with van der Waals surface area (Å²) in [6.07, 6.45) is 0.792. The molecule has 2 atom stereocenters. The number of piperidine rings is 1. The van der Waals surface area contributed by atoms with Gasteiger partial charge in [-0.15, -0.1) is 0 Å². The summed E-state index contributed by atoms with van der Waals surface area (Å²) in [5.41, 5.74) is 5.27. The molecular formula is C11H19IN2O3. The van der Waals surface area contributed by atoms with Crippen molar-refractivity contribution >= 4 is 32.5 Å². The van der Waals surface area contributed by atoms with Crippen molar-refractivity contribution in [2.45, 2.75) is 51.3 Å². The fourth-order valence-electron chi connectivity index (χ4n) is 1.75. The number of nitrogens with zero attached hydrogens (tertiary/aromatic N) is 1. The lowest BCUT2D eigenvalue weighted by Crippen LogP contribution is -2.53. The van der Waals surface area contributed by atoms with Gasteiger partial charge in [0.1, 0.15) is 11.6 Å². The van der Waals surface area contributed by atoms with E-state index in [2.05, 4.69) is 0 Å². The number of rotatable bonds is 1. The van der Waals surface area contributed by atoms with Crippen LogP contribution in [0.4, 0.5) is 4.79 Å². The molecule has 17 heavy (non-hydrogen) atoms. The first-order valence-electron chi connectivity index (χ1n) is 5.65. The zero-order valence-electron chi connectivity index (χ0n) is 10.4. The Morgan fingerprint density at radius 3 is 2.47 bits per heavy atom. The maximum atomic E-state index is 11.9. The number of hydrogen-bond acceptors (Lipinski definition) is 4. The van der Waals surface area contributed by atoms with Crippen LogP contribution in [0.1, 0.15) is 33.6 Å². The van der Waals surface area contributed by atoms with Crippen LogP contribution in [0, 0.1) is 0 Å². The van der Waals surface area contributed by atoms with E-state index < -0.39 is 17.7 Å². The van der Waals surface area contributed by atoms with Crippen LogP contribution in [0.5, 0.6) is 0 Å². The zero-order valence-corrected chi connectivity index (χ0v) is 12.6. The third kappa shape index (κ3) is 4.42. The van der Waals surface area contributed by atoms with Crippen molar-refractivity contribution in [1.29, 1.82) is 0 Å². The largest absolute Gasteiger partial charge is 0.444 e. The lowest BCUT2D eigenvalue weighted by molar-refractivity contribution is -0.115. The first kappa shape index (κ1) is 14.7. The fraction of sp³-hybridized carbons (Fsp3) is 0.818. The molecule has 1 saturated heterocycles. The zero-order chi connectivity index (χ0) is 13.2. The van der Waals surface area contributed by atoms with Gasteiger partial charge < -0.3 is 10.5 Å². The number of carbonyl (C=O) groups excluding carboxylic acids is 2. The monoisotopic (exact) mass is 354 g/mol. The van der Waals surface area contributed by atoms with E-state index in [0.29, 0.717) is 19.4 Å². The van der Waals surface area contributed by atoms with Gasteiger partial charge >= 0.3 is 6.09 Å². The van der Waals surface area contributed by atoms with E-state index in [-0.39, 0.29) is 9.83 Å². The Morgan fingerprint density at radius 2 is 2.00 bits per heavy atom. The number of hydrogen-bond donors (Lipinski definition) is 1. The molecule has 0 aromatic rings. The summed E-state index contributed by atoms with van der Waals surface area (Å²) in [5.74, 6) is 0. The van der Waals surface area contributed by atoms with Gasteiger partial charge in [0, 0.05) is 35.2 Å². The fourth-order valence-corrected chi connectivity index (χ4v) is 2.34. The van der Waals surface area contributed by atoms with E-state index in [1.807, 2.05) is 20.8 Å². The van der Waals surface area contributed by atoms with Crippen LogP contribution in [0.15, 0.2) is 0 Å². The number of amides is 1. The number of likely N-dealkylation sites (tertiary alicyclic amines) is 1. The van der Waals surface area contributed by atoms with Gasteiger partial charge in [0.2, 0.25) is 3.79 Å². The molecule has 1 rings (SSSR count). The van der Waals surface area contributed by atoms with Crippen LogP contribution in [-0.2, 0) is 9.53 Å². The second-order valence-electron chi connectivity index (χ2n) is 5.28. The van der Waals surface area contributed by atoms with Crippen LogP contribution >= 0.6 is 22.6 Å². The molecule has 2 unspecified atom stereocenters. The first-order valence-corrected chi connectivity index (χ1v) is 6.73. The summed E-state index contributed by atoms with van der Waals surface area (Å²) < 4.78 is 5.22. The highest BCUT2D eigenvalue weighted by Gasteiger charge is 2.36. The summed E-state index contributed by atoms with van der Waals surface area (Å²) in [7, 11) is 0. The molecule has 0 radical (unpaired) electrons. The van der Waals surface area contributed by atoms with Crippen molar-refractivity contribution in [3.05, 3.63) is 0 Å². The minimum Gasteiger partial charge on any atom is -0.444 e. The Bertz CT molecular complexity index is 314. The Kier molecular flexibility index (Phi) is 4.77. The standard InChI is InChI=1S/C11H19IN2O3/c1-11(2,3)17-10(16)14-5-4-7(13)6-8(14)9(12)15/h7-8H,4-6,13H2,1-3H3. The van der Waals surface area contributed by atoms with E-state index in [0.717, 1.165) is 0 Å². The number of nitrogens with two attached hydrogens (primary N) is 1. The van der Waals surface area contributed by atoms with Crippen LogP contribution in [0.25, 0.3) is 0 Å². The van der Waals surface area contributed by atoms with Gasteiger partial charge in [0.15, 0.2) is 0 Å². The molecule has 0 saturated carbocycles. The topological polar surface area (TPSA) is 72.6 Å².